The van der Waals surface area contributed by atoms with E-state index in [9.17, 15) is 0 Å². The minimum Gasteiger partial charge on any atom is -0.0882 e. The van der Waals surface area contributed by atoms with Crippen molar-refractivity contribution in [1.82, 2.24) is 0 Å². The maximum absolute atomic E-state index is 2.72. The predicted molar refractivity (Wildman–Crippen MR) is 120 cm³/mol. The molecule has 6 unspecified atom stereocenters. The lowest BCUT2D eigenvalue weighted by Gasteiger charge is -2.59. The molecule has 3 saturated carbocycles. The largest absolute Gasteiger partial charge is 0.0882 e. The second-order valence-electron chi connectivity index (χ2n) is 12.0. The summed E-state index contributed by atoms with van der Waals surface area (Å²) in [5.74, 6) is 3.71. The topological polar surface area (TPSA) is 0 Å². The van der Waals surface area contributed by atoms with E-state index >= 15 is 0 Å². The number of allylic oxidation sites excluding steroid dienone is 2. The van der Waals surface area contributed by atoms with Gasteiger partial charge in [0.2, 0.25) is 0 Å². The Morgan fingerprint density at radius 3 is 2.33 bits per heavy atom. The maximum atomic E-state index is 2.72. The Balaban J connectivity index is 1.89. The van der Waals surface area contributed by atoms with Gasteiger partial charge in [-0.05, 0) is 105 Å². The number of hydrogen-bond acceptors (Lipinski definition) is 0. The Bertz CT molecular complexity index is 540. The number of hydrogen-bond donors (Lipinski definition) is 0. The molecule has 0 aliphatic heterocycles. The lowest BCUT2D eigenvalue weighted by atomic mass is 9.45. The molecule has 0 aromatic heterocycles. The Hall–Kier alpha value is -0.260. The highest BCUT2D eigenvalue weighted by molar-refractivity contribution is 5.11. The van der Waals surface area contributed by atoms with Gasteiger partial charge >= 0.3 is 0 Å². The smallest absolute Gasteiger partial charge is 0.0152 e. The SMILES string of the molecule is C/C=C(\CC)C1CCCC2(C)CCC3CC(C)CCC3(C)C2CCC1(C)C. The molecule has 0 heterocycles. The van der Waals surface area contributed by atoms with E-state index in [4.69, 9.17) is 0 Å². The highest BCUT2D eigenvalue weighted by atomic mass is 14.6. The molecule has 3 fully saturated rings. The first kappa shape index (κ1) is 21.4. The van der Waals surface area contributed by atoms with Gasteiger partial charge in [-0.25, -0.2) is 0 Å². The van der Waals surface area contributed by atoms with Crippen LogP contribution in [0.5, 0.6) is 0 Å². The van der Waals surface area contributed by atoms with Crippen molar-refractivity contribution in [3.8, 4) is 0 Å². The Labute approximate surface area is 171 Å². The second kappa shape index (κ2) is 7.87. The second-order valence-corrected chi connectivity index (χ2v) is 12.0. The van der Waals surface area contributed by atoms with Gasteiger partial charge in [-0.15, -0.1) is 0 Å². The average Bonchev–Trinajstić information content (AvgIpc) is 2.66. The molecule has 0 bridgehead atoms. The molecule has 156 valence electrons. The molecule has 0 radical (unpaired) electrons. The van der Waals surface area contributed by atoms with E-state index in [2.05, 4.69) is 54.5 Å². The Kier molecular flexibility index (Phi) is 6.25. The highest BCUT2D eigenvalue weighted by Gasteiger charge is 2.54. The molecular weight excluding hydrogens is 324 g/mol. The zero-order chi connectivity index (χ0) is 19.9. The van der Waals surface area contributed by atoms with E-state index in [1.807, 2.05) is 0 Å². The van der Waals surface area contributed by atoms with E-state index in [-0.39, 0.29) is 0 Å². The molecule has 27 heavy (non-hydrogen) atoms. The fourth-order valence-corrected chi connectivity index (χ4v) is 8.12. The van der Waals surface area contributed by atoms with E-state index in [1.165, 1.54) is 70.6 Å². The summed E-state index contributed by atoms with van der Waals surface area (Å²) in [6.07, 6.45) is 18.4. The van der Waals surface area contributed by atoms with Gasteiger partial charge in [0.05, 0.1) is 0 Å². The minimum atomic E-state index is 0.453. The molecule has 0 spiro atoms. The molecule has 0 N–H and O–H groups in total. The van der Waals surface area contributed by atoms with Gasteiger partial charge in [0.1, 0.15) is 0 Å². The van der Waals surface area contributed by atoms with Crippen molar-refractivity contribution in [3.05, 3.63) is 11.6 Å². The van der Waals surface area contributed by atoms with Crippen LogP contribution in [0, 0.1) is 39.9 Å². The third-order valence-electron chi connectivity index (χ3n) is 9.98. The zero-order valence-electron chi connectivity index (χ0n) is 19.7. The standard InChI is InChI=1S/C27H48/c1-8-21(9-2)23-11-10-15-26(6)17-13-22-19-20(3)12-18-27(22,7)24(26)14-16-25(23,4)5/h8,20,22-24H,9-19H2,1-7H3/b21-8+. The maximum Gasteiger partial charge on any atom is -0.0152 e. The molecular formula is C27H48. The quantitative estimate of drug-likeness (QED) is 0.425. The summed E-state index contributed by atoms with van der Waals surface area (Å²) in [6.45, 7) is 17.7. The summed E-state index contributed by atoms with van der Waals surface area (Å²) in [7, 11) is 0. The molecule has 6 atom stereocenters. The third-order valence-corrected chi connectivity index (χ3v) is 9.98. The molecule has 0 nitrogen and oxygen atoms in total. The van der Waals surface area contributed by atoms with Crippen molar-refractivity contribution in [2.75, 3.05) is 0 Å². The summed E-state index contributed by atoms with van der Waals surface area (Å²) in [6, 6.07) is 0. The molecule has 0 heteroatoms. The van der Waals surface area contributed by atoms with E-state index in [0.29, 0.717) is 16.2 Å². The van der Waals surface area contributed by atoms with Crippen LogP contribution in [-0.4, -0.2) is 0 Å². The van der Waals surface area contributed by atoms with Crippen molar-refractivity contribution >= 4 is 0 Å². The predicted octanol–water partition coefficient (Wildman–Crippen LogP) is 8.81. The average molecular weight is 373 g/mol. The first-order valence-electron chi connectivity index (χ1n) is 12.3. The van der Waals surface area contributed by atoms with Crippen molar-refractivity contribution < 1.29 is 0 Å². The molecule has 0 aromatic carbocycles. The van der Waals surface area contributed by atoms with Gasteiger partial charge in [-0.1, -0.05) is 66.0 Å². The number of fused-ring (bicyclic) bond motifs is 3. The first-order chi connectivity index (χ1) is 12.7. The van der Waals surface area contributed by atoms with Gasteiger partial charge in [-0.2, -0.15) is 0 Å². The molecule has 3 aliphatic rings. The third kappa shape index (κ3) is 3.93. The first-order valence-corrected chi connectivity index (χ1v) is 12.3. The van der Waals surface area contributed by atoms with Gasteiger partial charge in [0.25, 0.3) is 0 Å². The van der Waals surface area contributed by atoms with Gasteiger partial charge in [-0.3, -0.25) is 0 Å². The molecule has 3 rings (SSSR count). The van der Waals surface area contributed by atoms with Crippen LogP contribution in [0.25, 0.3) is 0 Å². The van der Waals surface area contributed by atoms with E-state index in [0.717, 1.165) is 23.7 Å². The molecule has 0 aromatic rings. The zero-order valence-corrected chi connectivity index (χ0v) is 19.7. The summed E-state index contributed by atoms with van der Waals surface area (Å²) in [5.41, 5.74) is 3.39. The molecule has 0 amide bonds. The minimum absolute atomic E-state index is 0.453. The fraction of sp³-hybridized carbons (Fsp3) is 0.926. The molecule has 3 aliphatic carbocycles. The van der Waals surface area contributed by atoms with Crippen LogP contribution in [0.15, 0.2) is 11.6 Å². The Morgan fingerprint density at radius 1 is 0.926 bits per heavy atom. The highest BCUT2D eigenvalue weighted by Crippen LogP contribution is 2.64. The normalized spacial score (nSPS) is 45.8. The van der Waals surface area contributed by atoms with Crippen molar-refractivity contribution in [1.29, 1.82) is 0 Å². The van der Waals surface area contributed by atoms with Gasteiger partial charge in [0, 0.05) is 0 Å². The lowest BCUT2D eigenvalue weighted by Crippen LogP contribution is -2.51. The van der Waals surface area contributed by atoms with Crippen LogP contribution >= 0.6 is 0 Å². The van der Waals surface area contributed by atoms with E-state index in [1.54, 1.807) is 5.57 Å². The van der Waals surface area contributed by atoms with E-state index < -0.39 is 0 Å². The van der Waals surface area contributed by atoms with Crippen molar-refractivity contribution in [3.63, 3.8) is 0 Å². The van der Waals surface area contributed by atoms with Crippen LogP contribution in [0.3, 0.4) is 0 Å². The molecule has 0 saturated heterocycles. The summed E-state index contributed by atoms with van der Waals surface area (Å²) < 4.78 is 0. The van der Waals surface area contributed by atoms with Crippen LogP contribution in [0.4, 0.5) is 0 Å². The van der Waals surface area contributed by atoms with Crippen molar-refractivity contribution in [2.24, 2.45) is 39.9 Å². The summed E-state index contributed by atoms with van der Waals surface area (Å²) in [4.78, 5) is 0. The van der Waals surface area contributed by atoms with Crippen LogP contribution in [-0.2, 0) is 0 Å². The Morgan fingerprint density at radius 2 is 1.67 bits per heavy atom. The van der Waals surface area contributed by atoms with Crippen molar-refractivity contribution in [2.45, 2.75) is 119 Å². The van der Waals surface area contributed by atoms with Gasteiger partial charge in [0.15, 0.2) is 0 Å². The van der Waals surface area contributed by atoms with Gasteiger partial charge < -0.3 is 0 Å². The fourth-order valence-electron chi connectivity index (χ4n) is 8.12. The van der Waals surface area contributed by atoms with Crippen LogP contribution < -0.4 is 0 Å². The monoisotopic (exact) mass is 372 g/mol. The number of rotatable bonds is 2. The summed E-state index contributed by atoms with van der Waals surface area (Å²) in [5, 5.41) is 0. The van der Waals surface area contributed by atoms with Crippen LogP contribution in [0.1, 0.15) is 119 Å². The van der Waals surface area contributed by atoms with Crippen LogP contribution in [0.2, 0.25) is 0 Å². The lowest BCUT2D eigenvalue weighted by molar-refractivity contribution is -0.0990. The summed E-state index contributed by atoms with van der Waals surface area (Å²) >= 11 is 0.